The van der Waals surface area contributed by atoms with Gasteiger partial charge in [-0.15, -0.1) is 0 Å². The lowest BCUT2D eigenvalue weighted by atomic mass is 10.1. The molecule has 0 aliphatic carbocycles. The van der Waals surface area contributed by atoms with Gasteiger partial charge in [-0.3, -0.25) is 4.79 Å². The Kier molecular flexibility index (Phi) is 2.57. The van der Waals surface area contributed by atoms with Gasteiger partial charge in [-0.05, 0) is 26.0 Å². The van der Waals surface area contributed by atoms with Crippen LogP contribution in [0.1, 0.15) is 34.7 Å². The van der Waals surface area contributed by atoms with E-state index in [9.17, 15) is 9.18 Å². The van der Waals surface area contributed by atoms with Crippen LogP contribution >= 0.6 is 0 Å². The molecule has 0 saturated carbocycles. The molecule has 22 heavy (non-hydrogen) atoms. The lowest BCUT2D eigenvalue weighted by molar-refractivity contribution is 0.0958. The molecule has 0 saturated heterocycles. The molecule has 2 aromatic heterocycles. The first-order valence-electron chi connectivity index (χ1n) is 7.01. The number of nitrogens with one attached hydrogen (secondary N) is 2. The first-order valence-corrected chi connectivity index (χ1v) is 7.01. The minimum absolute atomic E-state index is 0.0590. The Bertz CT molecular complexity index is 931. The van der Waals surface area contributed by atoms with E-state index in [4.69, 9.17) is 0 Å². The number of aromatic amines is 1. The van der Waals surface area contributed by atoms with Crippen LogP contribution in [0, 0.1) is 12.9 Å². The fourth-order valence-electron chi connectivity index (χ4n) is 2.85. The van der Waals surface area contributed by atoms with Crippen LogP contribution in [0.5, 0.6) is 0 Å². The number of amides is 1. The number of carbonyl (C=O) groups excluding carboxylic acids is 1. The Morgan fingerprint density at radius 3 is 2.82 bits per heavy atom. The maximum absolute atomic E-state index is 13.8. The zero-order valence-electron chi connectivity index (χ0n) is 12.1. The molecule has 3 heterocycles. The van der Waals surface area contributed by atoms with E-state index in [0.29, 0.717) is 16.6 Å². The quantitative estimate of drug-likeness (QED) is 0.725. The van der Waals surface area contributed by atoms with Crippen LogP contribution in [0.2, 0.25) is 0 Å². The van der Waals surface area contributed by atoms with Gasteiger partial charge in [0.2, 0.25) is 5.95 Å². The number of benzene rings is 1. The average Bonchev–Trinajstić information content (AvgIpc) is 3.02. The lowest BCUT2D eigenvalue weighted by Crippen LogP contribution is -2.17. The topological polar surface area (TPSA) is 70.7 Å². The summed E-state index contributed by atoms with van der Waals surface area (Å²) in [6, 6.07) is 7.21. The van der Waals surface area contributed by atoms with E-state index in [1.165, 1.54) is 0 Å². The van der Waals surface area contributed by atoms with Crippen molar-refractivity contribution in [2.75, 3.05) is 0 Å². The molecule has 3 aromatic rings. The summed E-state index contributed by atoms with van der Waals surface area (Å²) in [5.41, 5.74) is 4.33. The minimum Gasteiger partial charge on any atom is -0.356 e. The maximum Gasteiger partial charge on any atom is 0.253 e. The molecular formula is C16H13FN4O. The number of fused-ring (bicyclic) bond motifs is 2. The highest BCUT2D eigenvalue weighted by Gasteiger charge is 2.28. The van der Waals surface area contributed by atoms with Gasteiger partial charge in [0.25, 0.3) is 5.91 Å². The van der Waals surface area contributed by atoms with Crippen LogP contribution in [0.3, 0.4) is 0 Å². The van der Waals surface area contributed by atoms with Gasteiger partial charge in [-0.1, -0.05) is 12.1 Å². The van der Waals surface area contributed by atoms with E-state index in [1.807, 2.05) is 19.1 Å². The van der Waals surface area contributed by atoms with E-state index in [-0.39, 0.29) is 17.6 Å². The second-order valence-electron chi connectivity index (χ2n) is 5.48. The molecule has 0 spiro atoms. The predicted molar refractivity (Wildman–Crippen MR) is 79.9 cm³/mol. The summed E-state index contributed by atoms with van der Waals surface area (Å²) in [5, 5.41) is 2.84. The van der Waals surface area contributed by atoms with Gasteiger partial charge in [0.05, 0.1) is 28.5 Å². The molecule has 4 rings (SSSR count). The number of nitrogens with zero attached hydrogens (tertiary/aromatic N) is 2. The number of rotatable bonds is 1. The number of hydrogen-bond donors (Lipinski definition) is 2. The molecule has 1 unspecified atom stereocenters. The van der Waals surface area contributed by atoms with Crippen LogP contribution in [-0.2, 0) is 0 Å². The average molecular weight is 296 g/mol. The number of para-hydroxylation sites is 1. The van der Waals surface area contributed by atoms with E-state index >= 15 is 0 Å². The summed E-state index contributed by atoms with van der Waals surface area (Å²) >= 11 is 0. The Labute approximate surface area is 125 Å². The van der Waals surface area contributed by atoms with E-state index < -0.39 is 5.95 Å². The fourth-order valence-corrected chi connectivity index (χ4v) is 2.85. The van der Waals surface area contributed by atoms with E-state index in [1.54, 1.807) is 19.1 Å². The highest BCUT2D eigenvalue weighted by atomic mass is 19.1. The van der Waals surface area contributed by atoms with Crippen LogP contribution < -0.4 is 5.32 Å². The first-order chi connectivity index (χ1) is 10.5. The highest BCUT2D eigenvalue weighted by Crippen LogP contribution is 2.32. The van der Waals surface area contributed by atoms with Crippen LogP contribution in [0.25, 0.3) is 22.3 Å². The van der Waals surface area contributed by atoms with Crippen molar-refractivity contribution in [2.45, 2.75) is 19.9 Å². The monoisotopic (exact) mass is 296 g/mol. The summed E-state index contributed by atoms with van der Waals surface area (Å²) in [7, 11) is 0. The molecule has 1 atom stereocenters. The molecule has 0 radical (unpaired) electrons. The van der Waals surface area contributed by atoms with Crippen molar-refractivity contribution in [1.82, 2.24) is 20.3 Å². The normalized spacial score (nSPS) is 16.9. The molecule has 2 N–H and O–H groups in total. The smallest absolute Gasteiger partial charge is 0.253 e. The predicted octanol–water partition coefficient (Wildman–Crippen LogP) is 2.88. The summed E-state index contributed by atoms with van der Waals surface area (Å²) in [6.07, 6.45) is 0. The number of carbonyl (C=O) groups is 1. The summed E-state index contributed by atoms with van der Waals surface area (Å²) < 4.78 is 13.8. The number of halogens is 1. The van der Waals surface area contributed by atoms with Crippen molar-refractivity contribution in [3.63, 3.8) is 0 Å². The zero-order valence-corrected chi connectivity index (χ0v) is 12.1. The molecule has 110 valence electrons. The largest absolute Gasteiger partial charge is 0.356 e. The minimum atomic E-state index is -0.579. The second kappa shape index (κ2) is 4.37. The Morgan fingerprint density at radius 2 is 2.05 bits per heavy atom. The molecule has 1 aliphatic heterocycles. The van der Waals surface area contributed by atoms with E-state index in [2.05, 4.69) is 20.3 Å². The van der Waals surface area contributed by atoms with Crippen molar-refractivity contribution in [2.24, 2.45) is 0 Å². The Morgan fingerprint density at radius 1 is 1.23 bits per heavy atom. The number of aromatic nitrogens is 3. The van der Waals surface area contributed by atoms with Crippen molar-refractivity contribution in [3.05, 3.63) is 47.2 Å². The standard InChI is InChI=1S/C16H13FN4O/c1-7-13-10(16(22)19-7)6-12(20-13)9-4-3-5-11-14(9)21-15(17)8(2)18-11/h3-7,20H,1-2H3,(H,19,22). The summed E-state index contributed by atoms with van der Waals surface area (Å²) in [5.74, 6) is -0.677. The molecule has 0 bridgehead atoms. The number of H-pyrrole nitrogens is 1. The van der Waals surface area contributed by atoms with Crippen molar-refractivity contribution in [3.8, 4) is 11.3 Å². The maximum atomic E-state index is 13.8. The molecule has 1 aromatic carbocycles. The third-order valence-electron chi connectivity index (χ3n) is 3.97. The van der Waals surface area contributed by atoms with Crippen molar-refractivity contribution >= 4 is 16.9 Å². The fraction of sp³-hybridized carbons (Fsp3) is 0.188. The SMILES string of the molecule is Cc1nc2cccc(-c3cc4c([nH]3)C(C)NC4=O)c2nc1F. The first kappa shape index (κ1) is 12.9. The van der Waals surface area contributed by atoms with E-state index in [0.717, 1.165) is 17.0 Å². The van der Waals surface area contributed by atoms with Gasteiger partial charge in [0.1, 0.15) is 5.52 Å². The second-order valence-corrected chi connectivity index (χ2v) is 5.48. The Balaban J connectivity index is 1.96. The van der Waals surface area contributed by atoms with Gasteiger partial charge in [0, 0.05) is 11.3 Å². The van der Waals surface area contributed by atoms with Crippen LogP contribution in [0.4, 0.5) is 4.39 Å². The molecule has 6 heteroatoms. The third-order valence-corrected chi connectivity index (χ3v) is 3.97. The van der Waals surface area contributed by atoms with Gasteiger partial charge in [0.15, 0.2) is 0 Å². The summed E-state index contributed by atoms with van der Waals surface area (Å²) in [4.78, 5) is 23.4. The molecule has 1 aliphatic rings. The van der Waals surface area contributed by atoms with Crippen LogP contribution in [0.15, 0.2) is 24.3 Å². The Hall–Kier alpha value is -2.76. The van der Waals surface area contributed by atoms with Gasteiger partial charge in [-0.2, -0.15) is 4.39 Å². The molecule has 1 amide bonds. The van der Waals surface area contributed by atoms with Gasteiger partial charge < -0.3 is 10.3 Å². The lowest BCUT2D eigenvalue weighted by Gasteiger charge is -2.07. The van der Waals surface area contributed by atoms with Crippen LogP contribution in [-0.4, -0.2) is 20.9 Å². The zero-order chi connectivity index (χ0) is 15.4. The van der Waals surface area contributed by atoms with Crippen molar-refractivity contribution in [1.29, 1.82) is 0 Å². The molecule has 5 nitrogen and oxygen atoms in total. The summed E-state index contributed by atoms with van der Waals surface area (Å²) in [6.45, 7) is 3.50. The number of aryl methyl sites for hydroxylation is 1. The number of hydrogen-bond acceptors (Lipinski definition) is 3. The van der Waals surface area contributed by atoms with Gasteiger partial charge in [-0.25, -0.2) is 9.97 Å². The molecular weight excluding hydrogens is 283 g/mol. The highest BCUT2D eigenvalue weighted by molar-refractivity contribution is 6.01. The third kappa shape index (κ3) is 1.73. The molecule has 0 fully saturated rings. The van der Waals surface area contributed by atoms with Gasteiger partial charge >= 0.3 is 0 Å². The van der Waals surface area contributed by atoms with Crippen molar-refractivity contribution < 1.29 is 9.18 Å².